The summed E-state index contributed by atoms with van der Waals surface area (Å²) in [5, 5.41) is 2.73. The van der Waals surface area contributed by atoms with Gasteiger partial charge in [0.15, 0.2) is 0 Å². The molecule has 0 bridgehead atoms. The molecule has 2 aromatic heterocycles. The molecule has 0 radical (unpaired) electrons. The molecular formula is C41H50N8O4. The fourth-order valence-electron chi connectivity index (χ4n) is 7.33. The Balaban J connectivity index is 1.17. The van der Waals surface area contributed by atoms with Crippen molar-refractivity contribution in [1.82, 2.24) is 40.0 Å². The van der Waals surface area contributed by atoms with Gasteiger partial charge in [0, 0.05) is 30.8 Å². The van der Waals surface area contributed by atoms with Crippen LogP contribution in [0.2, 0.25) is 0 Å². The molecule has 2 aliphatic rings. The van der Waals surface area contributed by atoms with Crippen LogP contribution >= 0.6 is 0 Å². The minimum atomic E-state index is -0.675. The third-order valence-electron chi connectivity index (χ3n) is 10.1. The molecule has 0 saturated carbocycles. The highest BCUT2D eigenvalue weighted by Gasteiger charge is 2.38. The van der Waals surface area contributed by atoms with Crippen molar-refractivity contribution in [1.29, 1.82) is 0 Å². The number of alkyl carbamates (subject to hydrolysis) is 1. The van der Waals surface area contributed by atoms with Gasteiger partial charge in [-0.05, 0) is 74.4 Å². The first-order valence-electron chi connectivity index (χ1n) is 18.4. The molecule has 1 aliphatic heterocycles. The molecule has 3 N–H and O–H groups in total. The zero-order valence-corrected chi connectivity index (χ0v) is 31.4. The Labute approximate surface area is 311 Å². The largest absolute Gasteiger partial charge is 0.453 e. The highest BCUT2D eigenvalue weighted by Crippen LogP contribution is 2.38. The second-order valence-electron chi connectivity index (χ2n) is 14.6. The minimum Gasteiger partial charge on any atom is -0.453 e. The summed E-state index contributed by atoms with van der Waals surface area (Å²) in [7, 11) is 5.05. The number of fused-ring (bicyclic) bond motifs is 3. The van der Waals surface area contributed by atoms with Gasteiger partial charge in [0.05, 0.1) is 43.8 Å². The third kappa shape index (κ3) is 8.47. The van der Waals surface area contributed by atoms with Gasteiger partial charge in [-0.3, -0.25) is 9.59 Å². The number of likely N-dealkylation sites (N-methyl/N-ethyl adjacent to an activating group) is 1. The Bertz CT molecular complexity index is 1970. The van der Waals surface area contributed by atoms with E-state index in [2.05, 4.69) is 68.7 Å². The molecule has 1 fully saturated rings. The normalized spacial score (nSPS) is 15.7. The zero-order chi connectivity index (χ0) is 37.6. The lowest BCUT2D eigenvalue weighted by Crippen LogP contribution is -2.51. The van der Waals surface area contributed by atoms with E-state index in [1.165, 1.54) is 12.7 Å². The average molecular weight is 719 g/mol. The van der Waals surface area contributed by atoms with E-state index in [-0.39, 0.29) is 23.8 Å². The van der Waals surface area contributed by atoms with Gasteiger partial charge < -0.3 is 34.7 Å². The van der Waals surface area contributed by atoms with Crippen molar-refractivity contribution in [3.63, 3.8) is 0 Å². The predicted molar refractivity (Wildman–Crippen MR) is 204 cm³/mol. The standard InChI is InChI=1S/C41H50N8O4/c1-7-8-20-48(36(50)25-47(4)5)24-35-42-23-33(43-35)28-16-14-27(15-17-28)29-18-19-31-30(22-29)11-9-12-32-38(31)45-39(44-32)34-13-10-21-49(34)40(51)37(26(2)3)46-41(52)53-6/h1,14-19,22-23,26,34,37H,8-13,20-21,24-25H2,2-6H3,(H,42,43)(H,44,45)(H,46,52)/t34-,37-/m0/s1. The number of methoxy groups -OCH3 is 1. The summed E-state index contributed by atoms with van der Waals surface area (Å²) in [6.07, 6.45) is 11.6. The number of imidazole rings is 2. The van der Waals surface area contributed by atoms with Crippen molar-refractivity contribution in [2.24, 2.45) is 5.92 Å². The molecular weight excluding hydrogens is 669 g/mol. The molecule has 0 unspecified atom stereocenters. The Kier molecular flexibility index (Phi) is 11.6. The molecule has 12 nitrogen and oxygen atoms in total. The van der Waals surface area contributed by atoms with Crippen LogP contribution in [0.4, 0.5) is 4.79 Å². The second kappa shape index (κ2) is 16.5. The molecule has 53 heavy (non-hydrogen) atoms. The smallest absolute Gasteiger partial charge is 0.407 e. The topological polar surface area (TPSA) is 140 Å². The first-order chi connectivity index (χ1) is 25.6. The van der Waals surface area contributed by atoms with Gasteiger partial charge in [-0.2, -0.15) is 0 Å². The highest BCUT2D eigenvalue weighted by molar-refractivity contribution is 5.86. The van der Waals surface area contributed by atoms with Crippen LogP contribution in [0.3, 0.4) is 0 Å². The summed E-state index contributed by atoms with van der Waals surface area (Å²) in [5.41, 5.74) is 8.56. The number of likely N-dealkylation sites (tertiary alicyclic amines) is 1. The first-order valence-corrected chi connectivity index (χ1v) is 18.4. The van der Waals surface area contributed by atoms with Crippen LogP contribution < -0.4 is 5.32 Å². The van der Waals surface area contributed by atoms with Gasteiger partial charge in [0.2, 0.25) is 11.8 Å². The lowest BCUT2D eigenvalue weighted by atomic mass is 9.95. The van der Waals surface area contributed by atoms with Crippen LogP contribution in [0.5, 0.6) is 0 Å². The zero-order valence-electron chi connectivity index (χ0n) is 31.4. The summed E-state index contributed by atoms with van der Waals surface area (Å²) in [6, 6.07) is 14.2. The Morgan fingerprint density at radius 3 is 2.53 bits per heavy atom. The third-order valence-corrected chi connectivity index (χ3v) is 10.1. The number of ether oxygens (including phenoxy) is 1. The number of aromatic nitrogens is 4. The van der Waals surface area contributed by atoms with Gasteiger partial charge in [0.1, 0.15) is 17.7 Å². The molecule has 0 spiro atoms. The predicted octanol–water partition coefficient (Wildman–Crippen LogP) is 5.58. The Morgan fingerprint density at radius 1 is 1.06 bits per heavy atom. The molecule has 3 heterocycles. The van der Waals surface area contributed by atoms with E-state index >= 15 is 0 Å². The number of terminal acetylenes is 1. The number of nitrogens with one attached hydrogen (secondary N) is 3. The van der Waals surface area contributed by atoms with Crippen molar-refractivity contribution in [3.05, 3.63) is 71.6 Å². The van der Waals surface area contributed by atoms with Crippen LogP contribution in [0.1, 0.15) is 68.5 Å². The quantitative estimate of drug-likeness (QED) is 0.163. The first kappa shape index (κ1) is 37.4. The van der Waals surface area contributed by atoms with Gasteiger partial charge in [-0.15, -0.1) is 12.3 Å². The van der Waals surface area contributed by atoms with Crippen molar-refractivity contribution in [2.45, 2.75) is 71.0 Å². The highest BCUT2D eigenvalue weighted by atomic mass is 16.5. The van der Waals surface area contributed by atoms with Crippen molar-refractivity contribution >= 4 is 17.9 Å². The number of carbonyl (C=O) groups excluding carboxylic acids is 3. The van der Waals surface area contributed by atoms with Crippen LogP contribution in [-0.4, -0.2) is 99.4 Å². The van der Waals surface area contributed by atoms with E-state index in [4.69, 9.17) is 16.1 Å². The Morgan fingerprint density at radius 2 is 1.81 bits per heavy atom. The van der Waals surface area contributed by atoms with Gasteiger partial charge in [-0.25, -0.2) is 14.8 Å². The minimum absolute atomic E-state index is 0.0100. The van der Waals surface area contributed by atoms with E-state index in [0.29, 0.717) is 38.4 Å². The second-order valence-corrected chi connectivity index (χ2v) is 14.6. The van der Waals surface area contributed by atoms with E-state index in [1.807, 2.05) is 37.7 Å². The number of amides is 3. The number of aromatic amines is 2. The van der Waals surface area contributed by atoms with Gasteiger partial charge in [-0.1, -0.05) is 56.3 Å². The molecule has 1 aliphatic carbocycles. The molecule has 2 atom stereocenters. The fourth-order valence-corrected chi connectivity index (χ4v) is 7.33. The number of nitrogens with zero attached hydrogens (tertiary/aromatic N) is 5. The molecule has 6 rings (SSSR count). The van der Waals surface area contributed by atoms with Crippen LogP contribution in [0, 0.1) is 18.3 Å². The number of carbonyl (C=O) groups is 3. The molecule has 3 amide bonds. The number of benzene rings is 2. The molecule has 12 heteroatoms. The molecule has 2 aromatic carbocycles. The van der Waals surface area contributed by atoms with E-state index in [0.717, 1.165) is 77.3 Å². The van der Waals surface area contributed by atoms with E-state index in [9.17, 15) is 14.4 Å². The summed E-state index contributed by atoms with van der Waals surface area (Å²) in [6.45, 7) is 5.62. The molecule has 4 aromatic rings. The maximum absolute atomic E-state index is 13.7. The van der Waals surface area contributed by atoms with Gasteiger partial charge in [0.25, 0.3) is 0 Å². The van der Waals surface area contributed by atoms with Crippen molar-refractivity contribution < 1.29 is 19.1 Å². The average Bonchev–Trinajstić information content (AvgIpc) is 3.90. The summed E-state index contributed by atoms with van der Waals surface area (Å²) >= 11 is 0. The maximum Gasteiger partial charge on any atom is 0.407 e. The fraction of sp³-hybridized carbons (Fsp3) is 0.439. The lowest BCUT2D eigenvalue weighted by molar-refractivity contribution is -0.135. The number of H-pyrrole nitrogens is 2. The van der Waals surface area contributed by atoms with E-state index in [1.54, 1.807) is 11.1 Å². The lowest BCUT2D eigenvalue weighted by Gasteiger charge is -2.30. The summed E-state index contributed by atoms with van der Waals surface area (Å²) in [4.78, 5) is 60.7. The van der Waals surface area contributed by atoms with Crippen LogP contribution in [-0.2, 0) is 33.7 Å². The molecule has 278 valence electrons. The van der Waals surface area contributed by atoms with Crippen LogP contribution in [0.25, 0.3) is 33.6 Å². The number of aryl methyl sites for hydroxylation is 2. The van der Waals surface area contributed by atoms with Crippen molar-refractivity contribution in [3.8, 4) is 46.0 Å². The number of hydrogen-bond acceptors (Lipinski definition) is 7. The molecule has 1 saturated heterocycles. The van der Waals surface area contributed by atoms with Gasteiger partial charge >= 0.3 is 6.09 Å². The summed E-state index contributed by atoms with van der Waals surface area (Å²) < 4.78 is 4.79. The number of hydrogen-bond donors (Lipinski definition) is 3. The van der Waals surface area contributed by atoms with E-state index < -0.39 is 12.1 Å². The van der Waals surface area contributed by atoms with Crippen LogP contribution in [0.15, 0.2) is 48.7 Å². The SMILES string of the molecule is C#CCCN(Cc1ncc(-c2ccc(-c3ccc4c(c3)CCCc3[nH]c([C@@H]5CCCN5C(=O)[C@@H](NC(=O)OC)C(C)C)nc3-4)cc2)[nH]1)C(=O)CN(C)C. The Hall–Kier alpha value is -5.41. The number of rotatable bonds is 12. The summed E-state index contributed by atoms with van der Waals surface area (Å²) in [5.74, 6) is 3.94. The monoisotopic (exact) mass is 718 g/mol. The van der Waals surface area contributed by atoms with Crippen molar-refractivity contribution in [2.75, 3.05) is 40.8 Å². The maximum atomic E-state index is 13.7.